The third-order valence-corrected chi connectivity index (χ3v) is 5.41. The van der Waals surface area contributed by atoms with Crippen LogP contribution in [0.4, 0.5) is 5.69 Å². The summed E-state index contributed by atoms with van der Waals surface area (Å²) in [6.07, 6.45) is 5.50. The lowest BCUT2D eigenvalue weighted by Crippen LogP contribution is -2.48. The second kappa shape index (κ2) is 8.55. The van der Waals surface area contributed by atoms with Gasteiger partial charge in [-0.25, -0.2) is 0 Å². The average molecular weight is 371 g/mol. The normalized spacial score (nSPS) is 20.8. The van der Waals surface area contributed by atoms with Crippen LogP contribution in [0.15, 0.2) is 24.3 Å². The van der Waals surface area contributed by atoms with Gasteiger partial charge in [-0.1, -0.05) is 12.8 Å². The number of rotatable bonds is 5. The molecule has 1 aromatic rings. The largest absolute Gasteiger partial charge is 0.350 e. The van der Waals surface area contributed by atoms with E-state index in [0.717, 1.165) is 12.8 Å². The van der Waals surface area contributed by atoms with Gasteiger partial charge in [0, 0.05) is 36.3 Å². The highest BCUT2D eigenvalue weighted by molar-refractivity contribution is 5.96. The van der Waals surface area contributed by atoms with Crippen LogP contribution in [0.1, 0.15) is 62.7 Å². The lowest BCUT2D eigenvalue weighted by atomic mass is 9.94. The van der Waals surface area contributed by atoms with Crippen molar-refractivity contribution < 1.29 is 14.4 Å². The molecule has 6 heteroatoms. The molecule has 0 radical (unpaired) electrons. The van der Waals surface area contributed by atoms with Gasteiger partial charge in [0.05, 0.1) is 5.92 Å². The molecule has 2 fully saturated rings. The van der Waals surface area contributed by atoms with Crippen LogP contribution in [-0.4, -0.2) is 41.2 Å². The summed E-state index contributed by atoms with van der Waals surface area (Å²) in [4.78, 5) is 38.8. The number of anilines is 1. The molecule has 1 aliphatic carbocycles. The van der Waals surface area contributed by atoms with Crippen molar-refractivity contribution in [1.82, 2.24) is 10.2 Å². The first kappa shape index (κ1) is 19.4. The van der Waals surface area contributed by atoms with Crippen LogP contribution in [0, 0.1) is 5.92 Å². The molecular weight excluding hydrogens is 342 g/mol. The van der Waals surface area contributed by atoms with E-state index in [4.69, 9.17) is 0 Å². The van der Waals surface area contributed by atoms with Crippen molar-refractivity contribution in [2.75, 3.05) is 11.9 Å². The van der Waals surface area contributed by atoms with E-state index < -0.39 is 0 Å². The van der Waals surface area contributed by atoms with E-state index in [2.05, 4.69) is 10.6 Å². The second-order valence-electron chi connectivity index (χ2n) is 7.91. The first-order chi connectivity index (χ1) is 12.9. The molecule has 1 aliphatic heterocycles. The minimum absolute atomic E-state index is 0.0510. The Labute approximate surface area is 160 Å². The summed E-state index contributed by atoms with van der Waals surface area (Å²) in [7, 11) is 0. The Balaban J connectivity index is 1.58. The monoisotopic (exact) mass is 371 g/mol. The third kappa shape index (κ3) is 4.87. The first-order valence-corrected chi connectivity index (χ1v) is 9.95. The Kier molecular flexibility index (Phi) is 6.14. The maximum atomic E-state index is 12.7. The topological polar surface area (TPSA) is 78.5 Å². The number of carbonyl (C=O) groups is 3. The number of nitrogens with zero attached hydrogens (tertiary/aromatic N) is 1. The van der Waals surface area contributed by atoms with E-state index in [9.17, 15) is 14.4 Å². The fourth-order valence-electron chi connectivity index (χ4n) is 3.95. The molecule has 1 saturated carbocycles. The molecule has 0 spiro atoms. The smallest absolute Gasteiger partial charge is 0.251 e. The zero-order chi connectivity index (χ0) is 19.4. The number of likely N-dealkylation sites (tertiary alicyclic amines) is 1. The summed E-state index contributed by atoms with van der Waals surface area (Å²) in [5.41, 5.74) is 1.24. The molecule has 1 atom stereocenters. The minimum atomic E-state index is -0.174. The van der Waals surface area contributed by atoms with Crippen LogP contribution in [0.3, 0.4) is 0 Å². The highest BCUT2D eigenvalue weighted by Crippen LogP contribution is 2.29. The Morgan fingerprint density at radius 3 is 2.37 bits per heavy atom. The Morgan fingerprint density at radius 1 is 1.07 bits per heavy atom. The van der Waals surface area contributed by atoms with Crippen molar-refractivity contribution in [3.8, 4) is 0 Å². The Bertz CT molecular complexity index is 693. The number of amides is 3. The zero-order valence-corrected chi connectivity index (χ0v) is 16.2. The lowest BCUT2D eigenvalue weighted by Gasteiger charge is -2.36. The second-order valence-corrected chi connectivity index (χ2v) is 7.91. The van der Waals surface area contributed by atoms with E-state index in [-0.39, 0.29) is 29.7 Å². The zero-order valence-electron chi connectivity index (χ0n) is 16.2. The molecular formula is C21H29N3O3. The predicted molar refractivity (Wildman–Crippen MR) is 104 cm³/mol. The molecule has 1 unspecified atom stereocenters. The number of nitrogens with one attached hydrogen (secondary N) is 2. The van der Waals surface area contributed by atoms with Crippen molar-refractivity contribution >= 4 is 23.4 Å². The van der Waals surface area contributed by atoms with Crippen molar-refractivity contribution in [3.05, 3.63) is 29.8 Å². The summed E-state index contributed by atoms with van der Waals surface area (Å²) in [5.74, 6) is -0.163. The number of piperidine rings is 1. The van der Waals surface area contributed by atoms with Crippen LogP contribution in [0.25, 0.3) is 0 Å². The molecule has 1 saturated heterocycles. The molecule has 3 rings (SSSR count). The van der Waals surface area contributed by atoms with Gasteiger partial charge in [0.15, 0.2) is 0 Å². The van der Waals surface area contributed by atoms with Gasteiger partial charge in [-0.3, -0.25) is 14.4 Å². The van der Waals surface area contributed by atoms with Gasteiger partial charge >= 0.3 is 0 Å². The number of hydrogen-bond donors (Lipinski definition) is 2. The summed E-state index contributed by atoms with van der Waals surface area (Å²) in [5, 5.41) is 5.78. The van der Waals surface area contributed by atoms with Gasteiger partial charge < -0.3 is 15.5 Å². The highest BCUT2D eigenvalue weighted by atomic mass is 16.2. The van der Waals surface area contributed by atoms with Gasteiger partial charge in [-0.05, 0) is 57.4 Å². The molecule has 2 aliphatic rings. The van der Waals surface area contributed by atoms with E-state index in [1.54, 1.807) is 24.3 Å². The summed E-state index contributed by atoms with van der Waals surface area (Å²) >= 11 is 0. The van der Waals surface area contributed by atoms with Gasteiger partial charge in [0.25, 0.3) is 5.91 Å². The predicted octanol–water partition coefficient (Wildman–Crippen LogP) is 2.94. The van der Waals surface area contributed by atoms with Gasteiger partial charge in [0.1, 0.15) is 0 Å². The van der Waals surface area contributed by atoms with Crippen molar-refractivity contribution in [2.24, 2.45) is 5.92 Å². The minimum Gasteiger partial charge on any atom is -0.350 e. The van der Waals surface area contributed by atoms with Gasteiger partial charge in [-0.2, -0.15) is 0 Å². The number of benzene rings is 1. The van der Waals surface area contributed by atoms with Crippen molar-refractivity contribution in [1.29, 1.82) is 0 Å². The highest BCUT2D eigenvalue weighted by Gasteiger charge is 2.35. The van der Waals surface area contributed by atoms with Crippen molar-refractivity contribution in [2.45, 2.75) is 64.5 Å². The van der Waals surface area contributed by atoms with Gasteiger partial charge in [0.2, 0.25) is 11.8 Å². The van der Waals surface area contributed by atoms with E-state index in [1.165, 1.54) is 12.8 Å². The number of hydrogen-bond acceptors (Lipinski definition) is 3. The Hall–Kier alpha value is -2.37. The molecule has 1 aromatic carbocycles. The van der Waals surface area contributed by atoms with Crippen LogP contribution in [0.2, 0.25) is 0 Å². The molecule has 146 valence electrons. The maximum Gasteiger partial charge on any atom is 0.251 e. The fraction of sp³-hybridized carbons (Fsp3) is 0.571. The standard InChI is InChI=1S/C21H29N3O3/c1-14(2)22-20(26)15-7-10-17(11-8-15)23-21(27)16-9-12-19(25)24(13-16)18-5-3-4-6-18/h7-8,10-11,14,16,18H,3-6,9,12-13H2,1-2H3,(H,22,26)(H,23,27). The van der Waals surface area contributed by atoms with Crippen LogP contribution >= 0.6 is 0 Å². The fourth-order valence-corrected chi connectivity index (χ4v) is 3.95. The lowest BCUT2D eigenvalue weighted by molar-refractivity contribution is -0.139. The van der Waals surface area contributed by atoms with Crippen LogP contribution < -0.4 is 10.6 Å². The average Bonchev–Trinajstić information content (AvgIpc) is 3.16. The number of carbonyl (C=O) groups excluding carboxylic acids is 3. The molecule has 1 heterocycles. The molecule has 2 N–H and O–H groups in total. The van der Waals surface area contributed by atoms with E-state index in [0.29, 0.717) is 36.7 Å². The van der Waals surface area contributed by atoms with Crippen molar-refractivity contribution in [3.63, 3.8) is 0 Å². The molecule has 0 bridgehead atoms. The van der Waals surface area contributed by atoms with Crippen LogP contribution in [-0.2, 0) is 9.59 Å². The maximum absolute atomic E-state index is 12.7. The first-order valence-electron chi connectivity index (χ1n) is 9.95. The van der Waals surface area contributed by atoms with Gasteiger partial charge in [-0.15, -0.1) is 0 Å². The summed E-state index contributed by atoms with van der Waals surface area (Å²) in [6, 6.07) is 7.30. The van der Waals surface area contributed by atoms with Crippen LogP contribution in [0.5, 0.6) is 0 Å². The molecule has 27 heavy (non-hydrogen) atoms. The summed E-state index contributed by atoms with van der Waals surface area (Å²) < 4.78 is 0. The SMILES string of the molecule is CC(C)NC(=O)c1ccc(NC(=O)C2CCC(=O)N(C3CCCC3)C2)cc1. The van der Waals surface area contributed by atoms with E-state index >= 15 is 0 Å². The Morgan fingerprint density at radius 2 is 1.74 bits per heavy atom. The quantitative estimate of drug-likeness (QED) is 0.835. The van der Waals surface area contributed by atoms with E-state index in [1.807, 2.05) is 18.7 Å². The molecule has 0 aromatic heterocycles. The summed E-state index contributed by atoms with van der Waals surface area (Å²) in [6.45, 7) is 4.34. The molecule has 6 nitrogen and oxygen atoms in total. The molecule has 3 amide bonds. The third-order valence-electron chi connectivity index (χ3n) is 5.41.